The third kappa shape index (κ3) is 3.42. The van der Waals surface area contributed by atoms with Crippen molar-refractivity contribution < 1.29 is 4.79 Å². The number of piperidine rings is 1. The van der Waals surface area contributed by atoms with Gasteiger partial charge in [0.1, 0.15) is 5.82 Å². The second-order valence-electron chi connectivity index (χ2n) is 6.31. The lowest BCUT2D eigenvalue weighted by Gasteiger charge is -2.32. The van der Waals surface area contributed by atoms with Gasteiger partial charge in [-0.05, 0) is 38.1 Å². The molecular formula is C17H22N4O2. The maximum atomic E-state index is 12.1. The Bertz CT molecular complexity index is 761. The number of hydrogen-bond acceptors (Lipinski definition) is 4. The standard InChI is InChI=1S/C17H22N4O2/c1-20(2)17(23)12-7-9-21(10-8-12)11-15-18-14-6-4-3-5-13(14)16(22)19-15/h3-6,12H,7-11H2,1-2H3,(H,18,19,22). The molecule has 0 radical (unpaired) electrons. The Hall–Kier alpha value is -2.21. The minimum atomic E-state index is -0.0942. The first kappa shape index (κ1) is 15.7. The molecule has 23 heavy (non-hydrogen) atoms. The molecule has 0 spiro atoms. The van der Waals surface area contributed by atoms with Crippen molar-refractivity contribution in [1.29, 1.82) is 0 Å². The summed E-state index contributed by atoms with van der Waals surface area (Å²) in [6.07, 6.45) is 1.71. The number of benzene rings is 1. The Kier molecular flexibility index (Phi) is 4.43. The molecule has 1 amide bonds. The van der Waals surface area contributed by atoms with Crippen LogP contribution in [0.1, 0.15) is 18.7 Å². The number of carbonyl (C=O) groups excluding carboxylic acids is 1. The van der Waals surface area contributed by atoms with E-state index < -0.39 is 0 Å². The molecule has 122 valence electrons. The van der Waals surface area contributed by atoms with Crippen LogP contribution in [-0.4, -0.2) is 52.9 Å². The normalized spacial score (nSPS) is 16.6. The van der Waals surface area contributed by atoms with Gasteiger partial charge in [0.2, 0.25) is 5.91 Å². The van der Waals surface area contributed by atoms with Crippen LogP contribution in [-0.2, 0) is 11.3 Å². The largest absolute Gasteiger partial charge is 0.349 e. The predicted octanol–water partition coefficient (Wildman–Crippen LogP) is 1.22. The quantitative estimate of drug-likeness (QED) is 0.925. The van der Waals surface area contributed by atoms with Gasteiger partial charge in [0, 0.05) is 20.0 Å². The molecule has 1 aromatic heterocycles. The average Bonchev–Trinajstić information content (AvgIpc) is 2.55. The number of aromatic amines is 1. The fourth-order valence-corrected chi connectivity index (χ4v) is 3.12. The lowest BCUT2D eigenvalue weighted by Crippen LogP contribution is -2.40. The molecule has 3 rings (SSSR count). The molecule has 1 N–H and O–H groups in total. The van der Waals surface area contributed by atoms with Gasteiger partial charge in [-0.25, -0.2) is 4.98 Å². The SMILES string of the molecule is CN(C)C(=O)C1CCN(Cc2nc3ccccc3c(=O)[nH]2)CC1. The number of likely N-dealkylation sites (tertiary alicyclic amines) is 1. The summed E-state index contributed by atoms with van der Waals surface area (Å²) in [5.74, 6) is 1.01. The average molecular weight is 314 g/mol. The van der Waals surface area contributed by atoms with Crippen LogP contribution < -0.4 is 5.56 Å². The van der Waals surface area contributed by atoms with Crippen LogP contribution in [0.4, 0.5) is 0 Å². The highest BCUT2D eigenvalue weighted by Gasteiger charge is 2.26. The third-order valence-electron chi connectivity index (χ3n) is 4.41. The number of para-hydroxylation sites is 1. The van der Waals surface area contributed by atoms with Crippen LogP contribution in [0, 0.1) is 5.92 Å². The number of nitrogens with one attached hydrogen (secondary N) is 1. The molecule has 1 aromatic carbocycles. The van der Waals surface area contributed by atoms with E-state index in [-0.39, 0.29) is 17.4 Å². The van der Waals surface area contributed by atoms with E-state index in [0.717, 1.165) is 31.4 Å². The number of hydrogen-bond donors (Lipinski definition) is 1. The highest BCUT2D eigenvalue weighted by Crippen LogP contribution is 2.20. The zero-order valence-electron chi connectivity index (χ0n) is 13.6. The Morgan fingerprint density at radius 1 is 1.30 bits per heavy atom. The molecule has 1 saturated heterocycles. The third-order valence-corrected chi connectivity index (χ3v) is 4.41. The zero-order valence-corrected chi connectivity index (χ0v) is 13.6. The Balaban J connectivity index is 1.67. The summed E-state index contributed by atoms with van der Waals surface area (Å²) in [5.41, 5.74) is 0.632. The van der Waals surface area contributed by atoms with E-state index in [1.54, 1.807) is 25.1 Å². The number of carbonyl (C=O) groups is 1. The number of H-pyrrole nitrogens is 1. The second-order valence-corrected chi connectivity index (χ2v) is 6.31. The van der Waals surface area contributed by atoms with Gasteiger partial charge in [-0.3, -0.25) is 14.5 Å². The second kappa shape index (κ2) is 6.50. The van der Waals surface area contributed by atoms with Crippen molar-refractivity contribution >= 4 is 16.8 Å². The lowest BCUT2D eigenvalue weighted by molar-refractivity contribution is -0.134. The van der Waals surface area contributed by atoms with Gasteiger partial charge in [0.25, 0.3) is 5.56 Å². The van der Waals surface area contributed by atoms with Gasteiger partial charge in [0.15, 0.2) is 0 Å². The lowest BCUT2D eigenvalue weighted by atomic mass is 9.95. The summed E-state index contributed by atoms with van der Waals surface area (Å²) in [7, 11) is 3.61. The number of rotatable bonds is 3. The van der Waals surface area contributed by atoms with Gasteiger partial charge in [-0.1, -0.05) is 12.1 Å². The topological polar surface area (TPSA) is 69.3 Å². The van der Waals surface area contributed by atoms with Crippen molar-refractivity contribution in [1.82, 2.24) is 19.8 Å². The van der Waals surface area contributed by atoms with E-state index in [1.807, 2.05) is 18.2 Å². The number of fused-ring (bicyclic) bond motifs is 1. The van der Waals surface area contributed by atoms with Crippen molar-refractivity contribution in [3.63, 3.8) is 0 Å². The summed E-state index contributed by atoms with van der Waals surface area (Å²) < 4.78 is 0. The Labute approximate surface area is 135 Å². The molecule has 0 bridgehead atoms. The zero-order chi connectivity index (χ0) is 16.4. The maximum absolute atomic E-state index is 12.1. The molecule has 1 aliphatic rings. The highest BCUT2D eigenvalue weighted by atomic mass is 16.2. The molecule has 1 fully saturated rings. The molecule has 0 atom stereocenters. The van der Waals surface area contributed by atoms with E-state index in [0.29, 0.717) is 17.8 Å². The summed E-state index contributed by atoms with van der Waals surface area (Å²) in [6, 6.07) is 7.36. The van der Waals surface area contributed by atoms with Crippen LogP contribution in [0.15, 0.2) is 29.1 Å². The number of amides is 1. The Morgan fingerprint density at radius 3 is 2.70 bits per heavy atom. The van der Waals surface area contributed by atoms with Gasteiger partial charge < -0.3 is 9.88 Å². The number of nitrogens with zero attached hydrogens (tertiary/aromatic N) is 3. The molecule has 0 saturated carbocycles. The van der Waals surface area contributed by atoms with Crippen molar-refractivity contribution in [2.24, 2.45) is 5.92 Å². The van der Waals surface area contributed by atoms with Gasteiger partial charge >= 0.3 is 0 Å². The fraction of sp³-hybridized carbons (Fsp3) is 0.471. The van der Waals surface area contributed by atoms with Crippen molar-refractivity contribution in [3.05, 3.63) is 40.4 Å². The smallest absolute Gasteiger partial charge is 0.258 e. The van der Waals surface area contributed by atoms with Gasteiger partial charge in [0.05, 0.1) is 17.4 Å². The van der Waals surface area contributed by atoms with Crippen LogP contribution in [0.25, 0.3) is 10.9 Å². The van der Waals surface area contributed by atoms with Crippen molar-refractivity contribution in [2.45, 2.75) is 19.4 Å². The van der Waals surface area contributed by atoms with Crippen LogP contribution in [0.5, 0.6) is 0 Å². The molecule has 2 aromatic rings. The first-order valence-corrected chi connectivity index (χ1v) is 7.96. The first-order valence-electron chi connectivity index (χ1n) is 7.96. The maximum Gasteiger partial charge on any atom is 0.258 e. The molecule has 0 aliphatic carbocycles. The van der Waals surface area contributed by atoms with E-state index in [2.05, 4.69) is 14.9 Å². The summed E-state index contributed by atoms with van der Waals surface area (Å²) in [4.78, 5) is 35.4. The van der Waals surface area contributed by atoms with E-state index in [9.17, 15) is 9.59 Å². The van der Waals surface area contributed by atoms with E-state index in [4.69, 9.17) is 0 Å². The monoisotopic (exact) mass is 314 g/mol. The van der Waals surface area contributed by atoms with Crippen LogP contribution in [0.2, 0.25) is 0 Å². The Morgan fingerprint density at radius 2 is 2.00 bits per heavy atom. The minimum Gasteiger partial charge on any atom is -0.349 e. The minimum absolute atomic E-state index is 0.0942. The molecule has 6 heteroatoms. The predicted molar refractivity (Wildman–Crippen MR) is 89.1 cm³/mol. The number of aromatic nitrogens is 2. The first-order chi connectivity index (χ1) is 11.0. The van der Waals surface area contributed by atoms with E-state index >= 15 is 0 Å². The molecule has 0 unspecified atom stereocenters. The van der Waals surface area contributed by atoms with Crippen LogP contribution in [0.3, 0.4) is 0 Å². The summed E-state index contributed by atoms with van der Waals surface area (Å²) >= 11 is 0. The van der Waals surface area contributed by atoms with Gasteiger partial charge in [-0.15, -0.1) is 0 Å². The summed E-state index contributed by atoms with van der Waals surface area (Å²) in [6.45, 7) is 2.31. The van der Waals surface area contributed by atoms with E-state index in [1.165, 1.54) is 0 Å². The molecule has 1 aliphatic heterocycles. The molecule has 6 nitrogen and oxygen atoms in total. The fourth-order valence-electron chi connectivity index (χ4n) is 3.12. The summed E-state index contributed by atoms with van der Waals surface area (Å²) in [5, 5.41) is 0.617. The van der Waals surface area contributed by atoms with Gasteiger partial charge in [-0.2, -0.15) is 0 Å². The van der Waals surface area contributed by atoms with Crippen molar-refractivity contribution in [2.75, 3.05) is 27.2 Å². The molecular weight excluding hydrogens is 292 g/mol. The van der Waals surface area contributed by atoms with Crippen molar-refractivity contribution in [3.8, 4) is 0 Å². The van der Waals surface area contributed by atoms with Crippen LogP contribution >= 0.6 is 0 Å². The highest BCUT2D eigenvalue weighted by molar-refractivity contribution is 5.78. The molecule has 2 heterocycles.